The smallest absolute Gasteiger partial charge is 0.0824 e. The van der Waals surface area contributed by atoms with Crippen LogP contribution in [-0.2, 0) is 9.12 Å². The molecule has 3 aromatic carbocycles. The Hall–Kier alpha value is -1.77. The third-order valence-electron chi connectivity index (χ3n) is 5.36. The summed E-state index contributed by atoms with van der Waals surface area (Å²) in [4.78, 5) is 0. The lowest BCUT2D eigenvalue weighted by Gasteiger charge is -2.34. The van der Waals surface area contributed by atoms with E-state index in [0.717, 1.165) is 0 Å². The molecule has 0 spiro atoms. The summed E-state index contributed by atoms with van der Waals surface area (Å²) in [5.74, 6) is 0. The first kappa shape index (κ1) is 16.7. The summed E-state index contributed by atoms with van der Waals surface area (Å²) in [5, 5.41) is 0. The van der Waals surface area contributed by atoms with Gasteiger partial charge in [0, 0.05) is 0 Å². The van der Waals surface area contributed by atoms with Crippen LogP contribution in [0.25, 0.3) is 0 Å². The first-order valence-corrected chi connectivity index (χ1v) is 13.2. The summed E-state index contributed by atoms with van der Waals surface area (Å²) in [7, 11) is -1.55. The molecule has 1 aliphatic heterocycles. The number of benzene rings is 3. The fourth-order valence-electron chi connectivity index (χ4n) is 4.29. The lowest BCUT2D eigenvalue weighted by atomic mass is 9.85. The van der Waals surface area contributed by atoms with Gasteiger partial charge in [0.25, 0.3) is 0 Å². The fraction of sp³-hybridized carbons (Fsp3) is 0.217. The van der Waals surface area contributed by atoms with Crippen LogP contribution in [0.15, 0.2) is 91.0 Å². The van der Waals surface area contributed by atoms with E-state index in [9.17, 15) is 0 Å². The molecule has 1 fully saturated rings. The van der Waals surface area contributed by atoms with Crippen molar-refractivity contribution in [3.05, 3.63) is 108 Å². The normalized spacial score (nSPS) is 21.7. The van der Waals surface area contributed by atoms with Crippen molar-refractivity contribution in [2.45, 2.75) is 28.8 Å². The Kier molecular flexibility index (Phi) is 3.93. The van der Waals surface area contributed by atoms with Crippen LogP contribution in [0.5, 0.6) is 0 Å². The molecule has 0 nitrogen and oxygen atoms in total. The Morgan fingerprint density at radius 2 is 0.920 bits per heavy atom. The molecule has 2 heteroatoms. The Balaban J connectivity index is 2.01. The summed E-state index contributed by atoms with van der Waals surface area (Å²) < 4.78 is 0.172. The van der Waals surface area contributed by atoms with Gasteiger partial charge < -0.3 is 0 Å². The van der Waals surface area contributed by atoms with E-state index in [0.29, 0.717) is 0 Å². The zero-order valence-corrected chi connectivity index (χ0v) is 16.9. The molecule has 0 saturated carbocycles. The standard InChI is InChI=1S/C23H24SSi/c1-25(2,3)23(21-17-11-6-12-18-21)22(24-23,19-13-7-4-8-14-19)20-15-9-5-10-16-20/h4-18H,1-3H3. The molecular weight excluding hydrogens is 336 g/mol. The lowest BCUT2D eigenvalue weighted by molar-refractivity contribution is 0.743. The maximum atomic E-state index is 2.51. The van der Waals surface area contributed by atoms with Crippen molar-refractivity contribution in [3.63, 3.8) is 0 Å². The average Bonchev–Trinajstić information content (AvgIpc) is 3.37. The molecule has 0 aliphatic carbocycles. The highest BCUT2D eigenvalue weighted by Gasteiger charge is 2.75. The Bertz CT molecular complexity index is 813. The number of thioether (sulfide) groups is 1. The van der Waals surface area contributed by atoms with Gasteiger partial charge in [-0.15, -0.1) is 11.8 Å². The van der Waals surface area contributed by atoms with Gasteiger partial charge in [0.15, 0.2) is 0 Å². The highest BCUT2D eigenvalue weighted by atomic mass is 32.2. The van der Waals surface area contributed by atoms with E-state index in [-0.39, 0.29) is 9.12 Å². The lowest BCUT2D eigenvalue weighted by Crippen LogP contribution is -2.44. The van der Waals surface area contributed by atoms with Crippen molar-refractivity contribution >= 4 is 19.8 Å². The molecule has 1 unspecified atom stereocenters. The zero-order chi connectivity index (χ0) is 17.5. The maximum absolute atomic E-state index is 2.51. The van der Waals surface area contributed by atoms with Gasteiger partial charge in [-0.1, -0.05) is 111 Å². The molecule has 25 heavy (non-hydrogen) atoms. The van der Waals surface area contributed by atoms with E-state index >= 15 is 0 Å². The van der Waals surface area contributed by atoms with Crippen LogP contribution in [0.2, 0.25) is 19.6 Å². The Morgan fingerprint density at radius 1 is 0.560 bits per heavy atom. The number of rotatable bonds is 4. The predicted molar refractivity (Wildman–Crippen MR) is 113 cm³/mol. The second kappa shape index (κ2) is 5.89. The van der Waals surface area contributed by atoms with Gasteiger partial charge in [0.05, 0.1) is 17.2 Å². The molecule has 126 valence electrons. The van der Waals surface area contributed by atoms with Crippen LogP contribution in [0, 0.1) is 0 Å². The van der Waals surface area contributed by atoms with Crippen LogP contribution >= 0.6 is 11.8 Å². The summed E-state index contributed by atoms with van der Waals surface area (Å²) in [6, 6.07) is 33.4. The van der Waals surface area contributed by atoms with Crippen molar-refractivity contribution in [3.8, 4) is 0 Å². The first-order chi connectivity index (χ1) is 12.0. The highest BCUT2D eigenvalue weighted by molar-refractivity contribution is 8.11. The minimum absolute atomic E-state index is 0.0152. The van der Waals surface area contributed by atoms with Gasteiger partial charge in [-0.05, 0) is 16.7 Å². The molecule has 4 rings (SSSR count). The average molecular weight is 361 g/mol. The monoisotopic (exact) mass is 360 g/mol. The van der Waals surface area contributed by atoms with Gasteiger partial charge >= 0.3 is 0 Å². The molecule has 0 radical (unpaired) electrons. The largest absolute Gasteiger partial charge is 0.133 e. The third kappa shape index (κ3) is 2.35. The SMILES string of the molecule is C[Si](C)(C)C1(c2ccccc2)SC1(c1ccccc1)c1ccccc1. The molecule has 1 saturated heterocycles. The van der Waals surface area contributed by atoms with Gasteiger partial charge in [0.2, 0.25) is 0 Å². The summed E-state index contributed by atoms with van der Waals surface area (Å²) in [6.45, 7) is 7.54. The molecular formula is C23H24SSi. The highest BCUT2D eigenvalue weighted by Crippen LogP contribution is 2.81. The van der Waals surface area contributed by atoms with E-state index in [1.54, 1.807) is 0 Å². The van der Waals surface area contributed by atoms with Crippen molar-refractivity contribution in [1.29, 1.82) is 0 Å². The predicted octanol–water partition coefficient (Wildman–Crippen LogP) is 6.45. The van der Waals surface area contributed by atoms with Crippen molar-refractivity contribution in [2.75, 3.05) is 0 Å². The summed E-state index contributed by atoms with van der Waals surface area (Å²) in [6.07, 6.45) is 0. The van der Waals surface area contributed by atoms with E-state index in [2.05, 4.69) is 122 Å². The molecule has 1 aliphatic rings. The number of hydrogen-bond donors (Lipinski definition) is 0. The van der Waals surface area contributed by atoms with E-state index in [1.807, 2.05) is 0 Å². The molecule has 0 aromatic heterocycles. The molecule has 0 amide bonds. The van der Waals surface area contributed by atoms with Gasteiger partial charge in [0.1, 0.15) is 0 Å². The fourth-order valence-corrected chi connectivity index (χ4v) is 10.8. The Morgan fingerprint density at radius 3 is 1.28 bits per heavy atom. The van der Waals surface area contributed by atoms with Crippen molar-refractivity contribution < 1.29 is 0 Å². The van der Waals surface area contributed by atoms with Crippen molar-refractivity contribution in [2.24, 2.45) is 0 Å². The minimum Gasteiger partial charge on any atom is -0.133 e. The van der Waals surface area contributed by atoms with Crippen LogP contribution in [0.4, 0.5) is 0 Å². The van der Waals surface area contributed by atoms with Crippen LogP contribution in [0.1, 0.15) is 16.7 Å². The van der Waals surface area contributed by atoms with Gasteiger partial charge in [-0.3, -0.25) is 0 Å². The van der Waals surface area contributed by atoms with Crippen LogP contribution < -0.4 is 0 Å². The van der Waals surface area contributed by atoms with E-state index in [1.165, 1.54) is 16.7 Å². The summed E-state index contributed by atoms with van der Waals surface area (Å²) >= 11 is 2.16. The maximum Gasteiger partial charge on any atom is 0.0824 e. The molecule has 0 N–H and O–H groups in total. The Labute approximate surface area is 156 Å². The van der Waals surface area contributed by atoms with Crippen LogP contribution in [0.3, 0.4) is 0 Å². The van der Waals surface area contributed by atoms with Gasteiger partial charge in [-0.2, -0.15) is 0 Å². The third-order valence-corrected chi connectivity index (χ3v) is 12.2. The number of hydrogen-bond acceptors (Lipinski definition) is 1. The quantitative estimate of drug-likeness (QED) is 0.380. The molecule has 1 atom stereocenters. The molecule has 3 aromatic rings. The molecule has 0 bridgehead atoms. The summed E-state index contributed by atoms with van der Waals surface area (Å²) in [5.41, 5.74) is 4.34. The minimum atomic E-state index is -1.55. The second-order valence-electron chi connectivity index (χ2n) is 7.81. The molecule has 1 heterocycles. The van der Waals surface area contributed by atoms with Crippen LogP contribution in [-0.4, -0.2) is 8.07 Å². The topological polar surface area (TPSA) is 0 Å². The van der Waals surface area contributed by atoms with Crippen molar-refractivity contribution in [1.82, 2.24) is 0 Å². The van der Waals surface area contributed by atoms with E-state index < -0.39 is 8.07 Å². The zero-order valence-electron chi connectivity index (χ0n) is 15.1. The van der Waals surface area contributed by atoms with Gasteiger partial charge in [-0.25, -0.2) is 0 Å². The van der Waals surface area contributed by atoms with E-state index in [4.69, 9.17) is 0 Å². The second-order valence-corrected chi connectivity index (χ2v) is 14.9. The first-order valence-electron chi connectivity index (χ1n) is 8.89.